The third-order valence-corrected chi connectivity index (χ3v) is 9.76. The lowest BCUT2D eigenvalue weighted by Gasteiger charge is -2.43. The first-order chi connectivity index (χ1) is 22.9. The molecule has 260 valence electrons. The molecule has 4 aliphatic heterocycles. The molecule has 6 N–H and O–H groups in total. The Kier molecular flexibility index (Phi) is 9.78. The largest absolute Gasteiger partial charge is 0.482 e. The van der Waals surface area contributed by atoms with E-state index in [0.29, 0.717) is 72.5 Å². The van der Waals surface area contributed by atoms with Gasteiger partial charge < -0.3 is 44.9 Å². The molecule has 0 saturated carbocycles. The number of carbonyl (C=O) groups is 1. The minimum absolute atomic E-state index is 0.00641. The highest BCUT2D eigenvalue weighted by Gasteiger charge is 2.46. The number of aliphatic imine (C=N–C) groups is 1. The van der Waals surface area contributed by atoms with Crippen LogP contribution in [0.1, 0.15) is 50.9 Å². The molecule has 6 rings (SSSR count). The number of nitrogens with one attached hydrogen (secondary N) is 1. The van der Waals surface area contributed by atoms with Crippen LogP contribution in [0.5, 0.6) is 5.75 Å². The first-order valence-electron chi connectivity index (χ1n) is 16.4. The number of aliphatic hydroxyl groups is 5. The van der Waals surface area contributed by atoms with Crippen LogP contribution in [-0.2, 0) is 21.0 Å². The molecular formula is C34H43N3O11. The van der Waals surface area contributed by atoms with Crippen LogP contribution in [0.3, 0.4) is 0 Å². The van der Waals surface area contributed by atoms with Gasteiger partial charge in [-0.2, -0.15) is 0 Å². The molecule has 5 heterocycles. The lowest BCUT2D eigenvalue weighted by atomic mass is 9.83. The van der Waals surface area contributed by atoms with Gasteiger partial charge in [-0.25, -0.2) is 9.78 Å². The zero-order valence-electron chi connectivity index (χ0n) is 27.2. The fraction of sp³-hybridized carbons (Fsp3) is 0.559. The van der Waals surface area contributed by atoms with Crippen molar-refractivity contribution in [1.82, 2.24) is 5.32 Å². The number of anilines is 1. The molecule has 4 aliphatic rings. The quantitative estimate of drug-likeness (QED) is 0.130. The predicted molar refractivity (Wildman–Crippen MR) is 173 cm³/mol. The smallest absolute Gasteiger partial charge is 0.220 e. The molecule has 7 atom stereocenters. The maximum absolute atomic E-state index is 13.4. The van der Waals surface area contributed by atoms with Crippen molar-refractivity contribution in [3.63, 3.8) is 0 Å². The molecule has 1 amide bonds. The second-order valence-corrected chi connectivity index (χ2v) is 13.2. The number of fused-ring (bicyclic) bond motifs is 3. The summed E-state index contributed by atoms with van der Waals surface area (Å²) in [5.41, 5.74) is 3.42. The van der Waals surface area contributed by atoms with Gasteiger partial charge >= 0.3 is 0 Å². The van der Waals surface area contributed by atoms with Crippen molar-refractivity contribution in [3.8, 4) is 5.75 Å². The third-order valence-electron chi connectivity index (χ3n) is 9.76. The van der Waals surface area contributed by atoms with Crippen molar-refractivity contribution in [2.45, 2.75) is 89.0 Å². The van der Waals surface area contributed by atoms with Crippen LogP contribution < -0.4 is 20.4 Å². The molecule has 1 fully saturated rings. The molecule has 0 bridgehead atoms. The van der Waals surface area contributed by atoms with Gasteiger partial charge in [-0.1, -0.05) is 6.92 Å². The minimum atomic E-state index is -1.82. The van der Waals surface area contributed by atoms with Crippen molar-refractivity contribution in [1.29, 1.82) is 0 Å². The molecule has 2 aromatic rings. The fourth-order valence-electron chi connectivity index (χ4n) is 6.95. The van der Waals surface area contributed by atoms with Gasteiger partial charge in [0.25, 0.3) is 0 Å². The fourth-order valence-corrected chi connectivity index (χ4v) is 6.95. The van der Waals surface area contributed by atoms with Crippen LogP contribution in [0.15, 0.2) is 49.9 Å². The summed E-state index contributed by atoms with van der Waals surface area (Å²) in [6, 6.07) is 3.19. The first-order valence-corrected chi connectivity index (χ1v) is 16.4. The Morgan fingerprint density at radius 3 is 2.62 bits per heavy atom. The van der Waals surface area contributed by atoms with E-state index in [4.69, 9.17) is 24.0 Å². The zero-order valence-corrected chi connectivity index (χ0v) is 27.2. The summed E-state index contributed by atoms with van der Waals surface area (Å²) in [5.74, 6) is 1.08. The molecule has 14 nitrogen and oxygen atoms in total. The number of allylic oxidation sites excluding steroid dienone is 2. The average Bonchev–Trinajstić information content (AvgIpc) is 3.78. The maximum atomic E-state index is 13.4. The highest BCUT2D eigenvalue weighted by atomic mass is 17.2. The first kappa shape index (κ1) is 34.2. The van der Waals surface area contributed by atoms with Gasteiger partial charge in [-0.15, -0.1) is 0 Å². The van der Waals surface area contributed by atoms with Gasteiger partial charge in [0.1, 0.15) is 54.2 Å². The minimum Gasteiger partial charge on any atom is -0.482 e. The number of rotatable bonds is 13. The summed E-state index contributed by atoms with van der Waals surface area (Å²) in [6.07, 6.45) is -1.56. The Hall–Kier alpha value is -3.63. The molecule has 1 aromatic heterocycles. The number of hydrogen-bond donors (Lipinski definition) is 6. The molecule has 0 radical (unpaired) electrons. The van der Waals surface area contributed by atoms with E-state index in [1.54, 1.807) is 19.2 Å². The van der Waals surface area contributed by atoms with Crippen molar-refractivity contribution < 1.29 is 49.3 Å². The van der Waals surface area contributed by atoms with E-state index in [0.717, 1.165) is 17.0 Å². The van der Waals surface area contributed by atoms with Crippen molar-refractivity contribution in [2.24, 2.45) is 10.9 Å². The number of aliphatic hydroxyl groups excluding tert-OH is 5. The van der Waals surface area contributed by atoms with E-state index < -0.39 is 49.3 Å². The van der Waals surface area contributed by atoms with Crippen LogP contribution in [0.2, 0.25) is 0 Å². The Balaban J connectivity index is 1.36. The third kappa shape index (κ3) is 6.41. The summed E-state index contributed by atoms with van der Waals surface area (Å²) < 4.78 is 13.2. The Morgan fingerprint density at radius 1 is 1.15 bits per heavy atom. The van der Waals surface area contributed by atoms with Gasteiger partial charge in [0.05, 0.1) is 24.2 Å². The van der Waals surface area contributed by atoms with E-state index in [9.17, 15) is 30.0 Å². The molecular weight excluding hydrogens is 626 g/mol. The monoisotopic (exact) mass is 669 g/mol. The van der Waals surface area contributed by atoms with Crippen LogP contribution in [0, 0.1) is 12.8 Å². The summed E-state index contributed by atoms with van der Waals surface area (Å²) in [4.78, 5) is 43.3. The average molecular weight is 670 g/mol. The van der Waals surface area contributed by atoms with Crippen molar-refractivity contribution in [3.05, 3.63) is 57.2 Å². The number of nitrogens with zero attached hydrogens (tertiary/aromatic N) is 2. The van der Waals surface area contributed by atoms with E-state index >= 15 is 0 Å². The number of aryl methyl sites for hydroxylation is 1. The zero-order chi connectivity index (χ0) is 34.3. The molecule has 0 unspecified atom stereocenters. The van der Waals surface area contributed by atoms with E-state index in [1.165, 1.54) is 6.07 Å². The van der Waals surface area contributed by atoms with Crippen molar-refractivity contribution >= 4 is 28.3 Å². The molecule has 14 heteroatoms. The van der Waals surface area contributed by atoms with Gasteiger partial charge in [-0.3, -0.25) is 14.6 Å². The lowest BCUT2D eigenvalue weighted by Crippen LogP contribution is -2.52. The Morgan fingerprint density at radius 2 is 1.92 bits per heavy atom. The van der Waals surface area contributed by atoms with Gasteiger partial charge in [0.2, 0.25) is 5.91 Å². The number of ether oxygens (including phenoxy) is 1. The standard InChI is InChI=1S/C34H43N3O11/c1-4-23-20-6-8-35-22(20)14-37(23)29-32-19(11-21-24(39)9-17(2)46-33(21)29)12-27(34(3,47-32)7-5-18-10-28(42)36-13-18)48-45-16-26(41)31(44)30(43)25(40)15-38/h6,8-9,11,18,25-27,30-31,38,40-41,43-44H,4-5,7,10,12-16H2,1-3H3,(H,36,42)/t18-,25-,26+,27-,30-,31-,34-/m1/s1. The second-order valence-electron chi connectivity index (χ2n) is 13.2. The van der Waals surface area contributed by atoms with Crippen LogP contribution >= 0.6 is 0 Å². The molecule has 48 heavy (non-hydrogen) atoms. The molecule has 1 saturated heterocycles. The number of benzene rings is 1. The highest BCUT2D eigenvalue weighted by Crippen LogP contribution is 2.49. The number of hydrogen-bond acceptors (Lipinski definition) is 13. The van der Waals surface area contributed by atoms with E-state index in [1.807, 2.05) is 13.0 Å². The molecule has 0 aliphatic carbocycles. The SMILES string of the molecule is CCC1=C2C=CN=C2CN1c1c2c(cc3c(=O)cc(C)oc13)C[C@@H](OOC[C@H](O)[C@@H](O)[C@H](O)[C@H](O)CO)[C@@](C)(CC[C@H]1CNC(=O)C1)O2. The summed E-state index contributed by atoms with van der Waals surface area (Å²) in [7, 11) is 0. The summed E-state index contributed by atoms with van der Waals surface area (Å²) >= 11 is 0. The Bertz CT molecular complexity index is 1720. The Labute approximate surface area is 276 Å². The molecule has 1 aromatic carbocycles. The summed E-state index contributed by atoms with van der Waals surface area (Å²) in [6.45, 7) is 5.30. The van der Waals surface area contributed by atoms with Crippen LogP contribution in [0.4, 0.5) is 5.69 Å². The van der Waals surface area contributed by atoms with Gasteiger partial charge in [0.15, 0.2) is 16.8 Å². The van der Waals surface area contributed by atoms with Crippen LogP contribution in [0.25, 0.3) is 11.0 Å². The van der Waals surface area contributed by atoms with Gasteiger partial charge in [0, 0.05) is 48.5 Å². The van der Waals surface area contributed by atoms with Crippen molar-refractivity contribution in [2.75, 3.05) is 31.2 Å². The van der Waals surface area contributed by atoms with Gasteiger partial charge in [-0.05, 0) is 51.2 Å². The van der Waals surface area contributed by atoms with Crippen LogP contribution in [-0.4, -0.2) is 99.6 Å². The second kappa shape index (κ2) is 13.7. The molecule has 0 spiro atoms. The van der Waals surface area contributed by atoms with E-state index in [2.05, 4.69) is 22.1 Å². The number of carbonyl (C=O) groups excluding carboxylic acids is 1. The normalized spacial score (nSPS) is 25.9. The highest BCUT2D eigenvalue weighted by molar-refractivity contribution is 6.13. The lowest BCUT2D eigenvalue weighted by molar-refractivity contribution is -0.360. The summed E-state index contributed by atoms with van der Waals surface area (Å²) in [5, 5.41) is 52.7. The van der Waals surface area contributed by atoms with E-state index in [-0.39, 0.29) is 23.7 Å². The predicted octanol–water partition coefficient (Wildman–Crippen LogP) is 0.916. The topological polar surface area (TPSA) is 204 Å². The number of amides is 1. The maximum Gasteiger partial charge on any atom is 0.220 e.